The monoisotopic (exact) mass is 284 g/mol. The molecule has 0 bridgehead atoms. The SMILES string of the molecule is CCCc1ccc(Oc2ccc(C(=O)OCC)cc2)cc1. The van der Waals surface area contributed by atoms with Crippen molar-refractivity contribution in [2.24, 2.45) is 0 Å². The van der Waals surface area contributed by atoms with Crippen LogP contribution in [0, 0.1) is 0 Å². The lowest BCUT2D eigenvalue weighted by molar-refractivity contribution is 0.0526. The van der Waals surface area contributed by atoms with Crippen molar-refractivity contribution in [2.45, 2.75) is 26.7 Å². The van der Waals surface area contributed by atoms with Gasteiger partial charge in [-0.05, 0) is 55.3 Å². The van der Waals surface area contributed by atoms with E-state index in [4.69, 9.17) is 9.47 Å². The van der Waals surface area contributed by atoms with Gasteiger partial charge in [0.05, 0.1) is 12.2 Å². The van der Waals surface area contributed by atoms with E-state index in [0.717, 1.165) is 18.6 Å². The Morgan fingerprint density at radius 1 is 0.905 bits per heavy atom. The standard InChI is InChI=1S/C18H20O3/c1-3-5-14-6-10-16(11-7-14)21-17-12-8-15(9-13-17)18(19)20-4-2/h6-13H,3-5H2,1-2H3. The molecule has 110 valence electrons. The van der Waals surface area contributed by atoms with Crippen LogP contribution in [0.4, 0.5) is 0 Å². The number of hydrogen-bond acceptors (Lipinski definition) is 3. The number of rotatable bonds is 6. The maximum atomic E-state index is 11.6. The van der Waals surface area contributed by atoms with Crippen molar-refractivity contribution in [1.29, 1.82) is 0 Å². The Hall–Kier alpha value is -2.29. The van der Waals surface area contributed by atoms with Crippen LogP contribution in [-0.4, -0.2) is 12.6 Å². The first-order valence-corrected chi connectivity index (χ1v) is 7.27. The fourth-order valence-corrected chi connectivity index (χ4v) is 2.02. The van der Waals surface area contributed by atoms with Crippen LogP contribution in [0.2, 0.25) is 0 Å². The summed E-state index contributed by atoms with van der Waals surface area (Å²) in [6.45, 7) is 4.33. The lowest BCUT2D eigenvalue weighted by Gasteiger charge is -2.07. The molecule has 21 heavy (non-hydrogen) atoms. The zero-order chi connectivity index (χ0) is 15.1. The fourth-order valence-electron chi connectivity index (χ4n) is 2.02. The molecule has 0 aliphatic rings. The van der Waals surface area contributed by atoms with Gasteiger partial charge in [0.1, 0.15) is 11.5 Å². The summed E-state index contributed by atoms with van der Waals surface area (Å²) in [6, 6.07) is 15.0. The van der Waals surface area contributed by atoms with E-state index in [1.165, 1.54) is 5.56 Å². The van der Waals surface area contributed by atoms with E-state index in [1.807, 2.05) is 12.1 Å². The third-order valence-corrected chi connectivity index (χ3v) is 3.06. The molecule has 0 spiro atoms. The van der Waals surface area contributed by atoms with Gasteiger partial charge in [-0.15, -0.1) is 0 Å². The molecule has 3 heteroatoms. The van der Waals surface area contributed by atoms with Gasteiger partial charge in [0.25, 0.3) is 0 Å². The van der Waals surface area contributed by atoms with Gasteiger partial charge in [0.2, 0.25) is 0 Å². The Kier molecular flexibility index (Phi) is 5.38. The van der Waals surface area contributed by atoms with Crippen LogP contribution in [0.1, 0.15) is 36.2 Å². The Balaban J connectivity index is 2.01. The summed E-state index contributed by atoms with van der Waals surface area (Å²) >= 11 is 0. The van der Waals surface area contributed by atoms with E-state index in [9.17, 15) is 4.79 Å². The molecule has 0 unspecified atom stereocenters. The maximum Gasteiger partial charge on any atom is 0.338 e. The molecule has 0 radical (unpaired) electrons. The van der Waals surface area contributed by atoms with Gasteiger partial charge in [0, 0.05) is 0 Å². The largest absolute Gasteiger partial charge is 0.462 e. The minimum Gasteiger partial charge on any atom is -0.462 e. The lowest BCUT2D eigenvalue weighted by atomic mass is 10.1. The summed E-state index contributed by atoms with van der Waals surface area (Å²) < 4.78 is 10.7. The average Bonchev–Trinajstić information content (AvgIpc) is 2.50. The van der Waals surface area contributed by atoms with Gasteiger partial charge in [-0.2, -0.15) is 0 Å². The van der Waals surface area contributed by atoms with E-state index in [-0.39, 0.29) is 5.97 Å². The highest BCUT2D eigenvalue weighted by atomic mass is 16.5. The van der Waals surface area contributed by atoms with Gasteiger partial charge >= 0.3 is 5.97 Å². The normalized spacial score (nSPS) is 10.2. The molecule has 2 aromatic carbocycles. The zero-order valence-electron chi connectivity index (χ0n) is 12.5. The second-order valence-electron chi connectivity index (χ2n) is 4.74. The van der Waals surface area contributed by atoms with Crippen LogP contribution in [0.25, 0.3) is 0 Å². The second-order valence-corrected chi connectivity index (χ2v) is 4.74. The van der Waals surface area contributed by atoms with Crippen molar-refractivity contribution >= 4 is 5.97 Å². The molecule has 0 atom stereocenters. The molecule has 0 saturated carbocycles. The average molecular weight is 284 g/mol. The molecule has 0 aliphatic carbocycles. The number of ether oxygens (including phenoxy) is 2. The minimum atomic E-state index is -0.312. The van der Waals surface area contributed by atoms with Gasteiger partial charge in [-0.25, -0.2) is 4.79 Å². The van der Waals surface area contributed by atoms with Crippen LogP contribution >= 0.6 is 0 Å². The summed E-state index contributed by atoms with van der Waals surface area (Å²) in [7, 11) is 0. The van der Waals surface area contributed by atoms with E-state index >= 15 is 0 Å². The summed E-state index contributed by atoms with van der Waals surface area (Å²) in [5, 5.41) is 0. The maximum absolute atomic E-state index is 11.6. The first-order chi connectivity index (χ1) is 10.2. The zero-order valence-corrected chi connectivity index (χ0v) is 12.5. The molecular formula is C18H20O3. The lowest BCUT2D eigenvalue weighted by Crippen LogP contribution is -2.03. The van der Waals surface area contributed by atoms with E-state index in [2.05, 4.69) is 19.1 Å². The van der Waals surface area contributed by atoms with Gasteiger partial charge in [-0.1, -0.05) is 25.5 Å². The number of hydrogen-bond donors (Lipinski definition) is 0. The smallest absolute Gasteiger partial charge is 0.338 e. The predicted molar refractivity (Wildman–Crippen MR) is 82.9 cm³/mol. The molecule has 0 saturated heterocycles. The summed E-state index contributed by atoms with van der Waals surface area (Å²) in [5.74, 6) is 1.18. The number of benzene rings is 2. The van der Waals surface area contributed by atoms with Crippen LogP contribution in [0.3, 0.4) is 0 Å². The summed E-state index contributed by atoms with van der Waals surface area (Å²) in [6.07, 6.45) is 2.21. The molecule has 0 aliphatic heterocycles. The van der Waals surface area contributed by atoms with Crippen LogP contribution in [-0.2, 0) is 11.2 Å². The van der Waals surface area contributed by atoms with Crippen molar-refractivity contribution in [3.63, 3.8) is 0 Å². The van der Waals surface area contributed by atoms with Crippen molar-refractivity contribution in [1.82, 2.24) is 0 Å². The highest BCUT2D eigenvalue weighted by molar-refractivity contribution is 5.89. The Labute approximate surface area is 125 Å². The molecule has 2 aromatic rings. The highest BCUT2D eigenvalue weighted by Crippen LogP contribution is 2.22. The Bertz CT molecular complexity index is 570. The summed E-state index contributed by atoms with van der Waals surface area (Å²) in [4.78, 5) is 11.6. The minimum absolute atomic E-state index is 0.312. The van der Waals surface area contributed by atoms with Gasteiger partial charge < -0.3 is 9.47 Å². The number of carbonyl (C=O) groups is 1. The van der Waals surface area contributed by atoms with Crippen molar-refractivity contribution in [2.75, 3.05) is 6.61 Å². The second kappa shape index (κ2) is 7.48. The van der Waals surface area contributed by atoms with Crippen molar-refractivity contribution in [3.05, 3.63) is 59.7 Å². The third-order valence-electron chi connectivity index (χ3n) is 3.06. The molecular weight excluding hydrogens is 264 g/mol. The topological polar surface area (TPSA) is 35.5 Å². The molecule has 2 rings (SSSR count). The molecule has 3 nitrogen and oxygen atoms in total. The van der Waals surface area contributed by atoms with Gasteiger partial charge in [-0.3, -0.25) is 0 Å². The first kappa shape index (κ1) is 15.1. The quantitative estimate of drug-likeness (QED) is 0.727. The van der Waals surface area contributed by atoms with Crippen molar-refractivity contribution < 1.29 is 14.3 Å². The summed E-state index contributed by atoms with van der Waals surface area (Å²) in [5.41, 5.74) is 1.84. The highest BCUT2D eigenvalue weighted by Gasteiger charge is 2.06. The third kappa shape index (κ3) is 4.35. The molecule has 0 fully saturated rings. The number of carbonyl (C=O) groups excluding carboxylic acids is 1. The van der Waals surface area contributed by atoms with Crippen LogP contribution in [0.15, 0.2) is 48.5 Å². The Morgan fingerprint density at radius 3 is 2.00 bits per heavy atom. The van der Waals surface area contributed by atoms with E-state index < -0.39 is 0 Å². The van der Waals surface area contributed by atoms with Crippen LogP contribution in [0.5, 0.6) is 11.5 Å². The predicted octanol–water partition coefficient (Wildman–Crippen LogP) is 4.61. The fraction of sp³-hybridized carbons (Fsp3) is 0.278. The number of aryl methyl sites for hydroxylation is 1. The Morgan fingerprint density at radius 2 is 1.48 bits per heavy atom. The number of esters is 1. The van der Waals surface area contributed by atoms with Crippen LogP contribution < -0.4 is 4.74 Å². The molecule has 0 heterocycles. The van der Waals surface area contributed by atoms with E-state index in [0.29, 0.717) is 17.9 Å². The van der Waals surface area contributed by atoms with Gasteiger partial charge in [0.15, 0.2) is 0 Å². The molecule has 0 N–H and O–H groups in total. The van der Waals surface area contributed by atoms with Crippen molar-refractivity contribution in [3.8, 4) is 11.5 Å². The molecule has 0 aromatic heterocycles. The first-order valence-electron chi connectivity index (χ1n) is 7.27. The van der Waals surface area contributed by atoms with E-state index in [1.54, 1.807) is 31.2 Å². The molecule has 0 amide bonds.